The van der Waals surface area contributed by atoms with Crippen LogP contribution in [-0.2, 0) is 6.54 Å². The summed E-state index contributed by atoms with van der Waals surface area (Å²) in [6.45, 7) is 8.35. The zero-order chi connectivity index (χ0) is 15.2. The van der Waals surface area contributed by atoms with Gasteiger partial charge in [-0.15, -0.1) is 24.0 Å². The van der Waals surface area contributed by atoms with Gasteiger partial charge in [-0.3, -0.25) is 4.99 Å². The predicted octanol–water partition coefficient (Wildman–Crippen LogP) is 3.79. The maximum atomic E-state index is 4.33. The van der Waals surface area contributed by atoms with E-state index >= 15 is 0 Å². The Morgan fingerprint density at radius 3 is 2.45 bits per heavy atom. The lowest BCUT2D eigenvalue weighted by molar-refractivity contribution is 0.725. The molecule has 22 heavy (non-hydrogen) atoms. The largest absolute Gasteiger partial charge is 0.355 e. The van der Waals surface area contributed by atoms with E-state index in [1.807, 2.05) is 7.05 Å². The Labute approximate surface area is 156 Å². The molecule has 0 radical (unpaired) electrons. The summed E-state index contributed by atoms with van der Waals surface area (Å²) < 4.78 is 0. The lowest BCUT2D eigenvalue weighted by atomic mass is 10.00. The first-order valence-electron chi connectivity index (χ1n) is 7.73. The van der Waals surface area contributed by atoms with Gasteiger partial charge in [-0.2, -0.15) is 11.8 Å². The van der Waals surface area contributed by atoms with Crippen molar-refractivity contribution >= 4 is 41.7 Å². The summed E-state index contributed by atoms with van der Waals surface area (Å²) in [5, 5.41) is 7.63. The molecule has 0 aromatic heterocycles. The summed E-state index contributed by atoms with van der Waals surface area (Å²) >= 11 is 2.07. The van der Waals surface area contributed by atoms with Crippen molar-refractivity contribution in [3.05, 3.63) is 34.4 Å². The Kier molecular flexibility index (Phi) is 8.61. The summed E-state index contributed by atoms with van der Waals surface area (Å²) in [5.41, 5.74) is 5.40. The summed E-state index contributed by atoms with van der Waals surface area (Å²) in [5.74, 6) is 2.21. The molecule has 124 valence electrons. The van der Waals surface area contributed by atoms with Gasteiger partial charge in [0.05, 0.1) is 0 Å². The summed E-state index contributed by atoms with van der Waals surface area (Å²) in [6.07, 6.45) is 2.68. The van der Waals surface area contributed by atoms with E-state index < -0.39 is 0 Å². The van der Waals surface area contributed by atoms with Crippen molar-refractivity contribution < 1.29 is 0 Å². The molecule has 0 bridgehead atoms. The molecular formula is C17H28IN3S. The smallest absolute Gasteiger partial charge is 0.191 e. The van der Waals surface area contributed by atoms with E-state index in [1.54, 1.807) is 0 Å². The van der Waals surface area contributed by atoms with Crippen molar-refractivity contribution in [3.8, 4) is 0 Å². The number of benzene rings is 1. The molecule has 5 heteroatoms. The first kappa shape index (κ1) is 19.6. The van der Waals surface area contributed by atoms with Crippen LogP contribution in [-0.4, -0.2) is 30.6 Å². The van der Waals surface area contributed by atoms with Crippen LogP contribution < -0.4 is 10.6 Å². The van der Waals surface area contributed by atoms with Crippen LogP contribution in [0.5, 0.6) is 0 Å². The minimum Gasteiger partial charge on any atom is -0.355 e. The fourth-order valence-electron chi connectivity index (χ4n) is 2.90. The molecule has 1 atom stereocenters. The molecule has 1 aliphatic rings. The molecule has 1 aliphatic heterocycles. The molecule has 1 aromatic carbocycles. The first-order chi connectivity index (χ1) is 10.1. The van der Waals surface area contributed by atoms with Crippen LogP contribution in [0.15, 0.2) is 17.1 Å². The second-order valence-electron chi connectivity index (χ2n) is 5.82. The van der Waals surface area contributed by atoms with Crippen LogP contribution >= 0.6 is 35.7 Å². The van der Waals surface area contributed by atoms with E-state index in [4.69, 9.17) is 0 Å². The predicted molar refractivity (Wildman–Crippen MR) is 110 cm³/mol. The fraction of sp³-hybridized carbons (Fsp3) is 0.588. The Balaban J connectivity index is 0.00000242. The summed E-state index contributed by atoms with van der Waals surface area (Å²) in [6, 6.07) is 4.49. The van der Waals surface area contributed by atoms with Crippen molar-refractivity contribution in [3.63, 3.8) is 0 Å². The van der Waals surface area contributed by atoms with E-state index in [0.29, 0.717) is 0 Å². The van der Waals surface area contributed by atoms with Crippen molar-refractivity contribution in [2.75, 3.05) is 19.3 Å². The summed E-state index contributed by atoms with van der Waals surface area (Å²) in [7, 11) is 1.84. The molecule has 0 saturated carbocycles. The Morgan fingerprint density at radius 2 is 1.91 bits per heavy atom. The van der Waals surface area contributed by atoms with Crippen LogP contribution in [0.3, 0.4) is 0 Å². The molecule has 0 amide bonds. The highest BCUT2D eigenvalue weighted by Gasteiger charge is 2.15. The molecule has 3 nitrogen and oxygen atoms in total. The maximum absolute atomic E-state index is 4.33. The van der Waals surface area contributed by atoms with Crippen molar-refractivity contribution in [2.45, 2.75) is 45.4 Å². The van der Waals surface area contributed by atoms with E-state index in [9.17, 15) is 0 Å². The SMILES string of the molecule is CN=C(NCc1c(C)cc(C)cc1C)NCC1CCCS1.I. The monoisotopic (exact) mass is 433 g/mol. The average molecular weight is 433 g/mol. The lowest BCUT2D eigenvalue weighted by Crippen LogP contribution is -2.40. The van der Waals surface area contributed by atoms with Crippen molar-refractivity contribution in [1.29, 1.82) is 0 Å². The third-order valence-electron chi connectivity index (χ3n) is 4.02. The molecular weight excluding hydrogens is 405 g/mol. The molecule has 1 saturated heterocycles. The quantitative estimate of drug-likeness (QED) is 0.431. The van der Waals surface area contributed by atoms with Gasteiger partial charge >= 0.3 is 0 Å². The van der Waals surface area contributed by atoms with E-state index in [1.165, 1.54) is 40.8 Å². The van der Waals surface area contributed by atoms with Gasteiger partial charge in [0.1, 0.15) is 0 Å². The zero-order valence-corrected chi connectivity index (χ0v) is 17.2. The van der Waals surface area contributed by atoms with E-state index in [-0.39, 0.29) is 24.0 Å². The highest BCUT2D eigenvalue weighted by molar-refractivity contribution is 14.0. The van der Waals surface area contributed by atoms with Gasteiger partial charge in [0.15, 0.2) is 5.96 Å². The van der Waals surface area contributed by atoms with Gasteiger partial charge < -0.3 is 10.6 Å². The number of rotatable bonds is 4. The van der Waals surface area contributed by atoms with Crippen LogP contribution in [0.25, 0.3) is 0 Å². The van der Waals surface area contributed by atoms with Gasteiger partial charge in [-0.05, 0) is 56.1 Å². The fourth-order valence-corrected chi connectivity index (χ4v) is 4.10. The van der Waals surface area contributed by atoms with Gasteiger partial charge in [-0.25, -0.2) is 0 Å². The van der Waals surface area contributed by atoms with Gasteiger partial charge in [-0.1, -0.05) is 17.7 Å². The van der Waals surface area contributed by atoms with Crippen LogP contribution in [0.1, 0.15) is 35.1 Å². The molecule has 1 heterocycles. The number of aryl methyl sites for hydroxylation is 3. The Bertz CT molecular complexity index is 488. The number of hydrogen-bond acceptors (Lipinski definition) is 2. The highest BCUT2D eigenvalue weighted by Crippen LogP contribution is 2.25. The molecule has 0 aliphatic carbocycles. The Hall–Kier alpha value is -0.430. The van der Waals surface area contributed by atoms with Crippen molar-refractivity contribution in [1.82, 2.24) is 10.6 Å². The molecule has 1 unspecified atom stereocenters. The number of guanidine groups is 1. The highest BCUT2D eigenvalue weighted by atomic mass is 127. The number of hydrogen-bond donors (Lipinski definition) is 2. The minimum absolute atomic E-state index is 0. The number of nitrogens with zero attached hydrogens (tertiary/aromatic N) is 1. The topological polar surface area (TPSA) is 36.4 Å². The number of thioether (sulfide) groups is 1. The third kappa shape index (κ3) is 5.65. The normalized spacial score (nSPS) is 18.0. The molecule has 2 rings (SSSR count). The molecule has 2 N–H and O–H groups in total. The second kappa shape index (κ2) is 9.65. The van der Waals surface area contributed by atoms with Crippen LogP contribution in [0, 0.1) is 20.8 Å². The van der Waals surface area contributed by atoms with Crippen LogP contribution in [0.4, 0.5) is 0 Å². The zero-order valence-electron chi connectivity index (χ0n) is 14.0. The number of aliphatic imine (C=N–C) groups is 1. The van der Waals surface area contributed by atoms with Gasteiger partial charge in [0, 0.05) is 25.4 Å². The number of nitrogens with one attached hydrogen (secondary N) is 2. The minimum atomic E-state index is 0. The third-order valence-corrected chi connectivity index (χ3v) is 5.42. The van der Waals surface area contributed by atoms with Gasteiger partial charge in [0.2, 0.25) is 0 Å². The lowest BCUT2D eigenvalue weighted by Gasteiger charge is -2.17. The second-order valence-corrected chi connectivity index (χ2v) is 7.23. The number of halogens is 1. The van der Waals surface area contributed by atoms with Gasteiger partial charge in [0.25, 0.3) is 0 Å². The van der Waals surface area contributed by atoms with Crippen molar-refractivity contribution in [2.24, 2.45) is 4.99 Å². The molecule has 1 fully saturated rings. The standard InChI is InChI=1S/C17H27N3S.HI/c1-12-8-13(2)16(14(3)9-12)11-20-17(18-4)19-10-15-6-5-7-21-15;/h8-9,15H,5-7,10-11H2,1-4H3,(H2,18,19,20);1H. The average Bonchev–Trinajstić information content (AvgIpc) is 2.94. The van der Waals surface area contributed by atoms with Crippen LogP contribution in [0.2, 0.25) is 0 Å². The molecule has 1 aromatic rings. The van der Waals surface area contributed by atoms with E-state index in [2.05, 4.69) is 60.3 Å². The summed E-state index contributed by atoms with van der Waals surface area (Å²) in [4.78, 5) is 4.33. The van der Waals surface area contributed by atoms with E-state index in [0.717, 1.165) is 24.3 Å². The molecule has 0 spiro atoms. The first-order valence-corrected chi connectivity index (χ1v) is 8.78. The Morgan fingerprint density at radius 1 is 1.23 bits per heavy atom. The maximum Gasteiger partial charge on any atom is 0.191 e.